The lowest BCUT2D eigenvalue weighted by molar-refractivity contribution is 0.981. The maximum Gasteiger partial charge on any atom is 0.214 e. The molecule has 0 amide bonds. The van der Waals surface area contributed by atoms with Crippen molar-refractivity contribution < 1.29 is 0 Å². The molecule has 0 aliphatic rings. The number of aromatic nitrogens is 3. The minimum atomic E-state index is 0.541. The number of nitrogen functional groups attached to an aromatic ring is 1. The van der Waals surface area contributed by atoms with E-state index >= 15 is 0 Å². The van der Waals surface area contributed by atoms with Gasteiger partial charge in [-0.05, 0) is 19.4 Å². The molecule has 0 aliphatic carbocycles. The van der Waals surface area contributed by atoms with Crippen LogP contribution in [-0.2, 0) is 0 Å². The second kappa shape index (κ2) is 3.56. The first-order valence-corrected chi connectivity index (χ1v) is 6.14. The molecule has 0 spiro atoms. The maximum absolute atomic E-state index is 5.62. The van der Waals surface area contributed by atoms with Crippen molar-refractivity contribution in [3.05, 3.63) is 35.5 Å². The summed E-state index contributed by atoms with van der Waals surface area (Å²) in [5.74, 6) is 0. The molecule has 0 unspecified atom stereocenters. The van der Waals surface area contributed by atoms with E-state index < -0.39 is 0 Å². The topological polar surface area (TPSA) is 56.2 Å². The average Bonchev–Trinajstić information content (AvgIpc) is 2.74. The summed E-state index contributed by atoms with van der Waals surface area (Å²) in [4.78, 5) is 5.36. The van der Waals surface area contributed by atoms with Crippen LogP contribution < -0.4 is 5.73 Å². The van der Waals surface area contributed by atoms with Gasteiger partial charge in [0.05, 0.1) is 11.9 Å². The zero-order valence-corrected chi connectivity index (χ0v) is 10.5. The summed E-state index contributed by atoms with van der Waals surface area (Å²) in [6.45, 7) is 4.18. The summed E-state index contributed by atoms with van der Waals surface area (Å²) in [5, 5.41) is 4.70. The van der Waals surface area contributed by atoms with E-state index in [1.807, 2.05) is 6.20 Å². The van der Waals surface area contributed by atoms with Crippen LogP contribution in [0.15, 0.2) is 24.4 Å². The third kappa shape index (κ3) is 1.68. The SMILES string of the molecule is Cc1ccc(-c2cn3nc(N)sc3n2)c(C)c1. The predicted molar refractivity (Wildman–Crippen MR) is 70.2 cm³/mol. The molecule has 2 heterocycles. The second-order valence-electron chi connectivity index (χ2n) is 4.11. The van der Waals surface area contributed by atoms with E-state index in [1.165, 1.54) is 22.5 Å². The van der Waals surface area contributed by atoms with Crippen molar-refractivity contribution in [1.29, 1.82) is 0 Å². The summed E-state index contributed by atoms with van der Waals surface area (Å²) >= 11 is 1.40. The molecule has 0 aliphatic heterocycles. The summed E-state index contributed by atoms with van der Waals surface area (Å²) in [5.41, 5.74) is 10.2. The fourth-order valence-corrected chi connectivity index (χ4v) is 2.59. The van der Waals surface area contributed by atoms with Crippen LogP contribution in [0.4, 0.5) is 5.13 Å². The molecule has 17 heavy (non-hydrogen) atoms. The van der Waals surface area contributed by atoms with Crippen molar-refractivity contribution in [2.24, 2.45) is 0 Å². The van der Waals surface area contributed by atoms with Crippen molar-refractivity contribution in [3.63, 3.8) is 0 Å². The molecule has 86 valence electrons. The monoisotopic (exact) mass is 244 g/mol. The molecular weight excluding hydrogens is 232 g/mol. The fraction of sp³-hybridized carbons (Fsp3) is 0.167. The number of hydrogen-bond acceptors (Lipinski definition) is 4. The van der Waals surface area contributed by atoms with E-state index in [2.05, 4.69) is 42.1 Å². The number of anilines is 1. The van der Waals surface area contributed by atoms with Crippen LogP contribution >= 0.6 is 11.3 Å². The number of imidazole rings is 1. The van der Waals surface area contributed by atoms with E-state index in [4.69, 9.17) is 5.73 Å². The van der Waals surface area contributed by atoms with Gasteiger partial charge in [0.1, 0.15) is 0 Å². The number of benzene rings is 1. The third-order valence-corrected chi connectivity index (χ3v) is 3.47. The highest BCUT2D eigenvalue weighted by molar-refractivity contribution is 7.20. The smallest absolute Gasteiger partial charge is 0.214 e. The van der Waals surface area contributed by atoms with Gasteiger partial charge in [-0.1, -0.05) is 35.1 Å². The third-order valence-electron chi connectivity index (χ3n) is 2.72. The standard InChI is InChI=1S/C12H12N4S/c1-7-3-4-9(8(2)5-7)10-6-16-12(14-10)17-11(13)15-16/h3-6H,1-2H3,(H2,13,15). The van der Waals surface area contributed by atoms with Crippen molar-refractivity contribution in [2.75, 3.05) is 5.73 Å². The van der Waals surface area contributed by atoms with Gasteiger partial charge in [-0.15, -0.1) is 5.10 Å². The molecule has 2 aromatic heterocycles. The fourth-order valence-electron chi connectivity index (χ4n) is 1.95. The Labute approximate surface area is 103 Å². The molecule has 5 heteroatoms. The average molecular weight is 244 g/mol. The van der Waals surface area contributed by atoms with Crippen molar-refractivity contribution >= 4 is 21.4 Å². The van der Waals surface area contributed by atoms with Crippen LogP contribution in [0.3, 0.4) is 0 Å². The van der Waals surface area contributed by atoms with Gasteiger partial charge >= 0.3 is 0 Å². The number of nitrogens with zero attached hydrogens (tertiary/aromatic N) is 3. The van der Waals surface area contributed by atoms with Crippen LogP contribution in [0.2, 0.25) is 0 Å². The van der Waals surface area contributed by atoms with E-state index in [0.29, 0.717) is 5.13 Å². The maximum atomic E-state index is 5.62. The Morgan fingerprint density at radius 1 is 1.29 bits per heavy atom. The first-order valence-electron chi connectivity index (χ1n) is 5.33. The van der Waals surface area contributed by atoms with Crippen LogP contribution in [-0.4, -0.2) is 14.6 Å². The summed E-state index contributed by atoms with van der Waals surface area (Å²) in [6, 6.07) is 6.35. The molecule has 4 nitrogen and oxygen atoms in total. The predicted octanol–water partition coefficient (Wildman–Crippen LogP) is 2.66. The zero-order chi connectivity index (χ0) is 12.0. The van der Waals surface area contributed by atoms with Crippen LogP contribution in [0.5, 0.6) is 0 Å². The Balaban J connectivity index is 2.16. The molecule has 3 aromatic rings. The highest BCUT2D eigenvalue weighted by atomic mass is 32.1. The van der Waals surface area contributed by atoms with Gasteiger partial charge in [0.25, 0.3) is 0 Å². The van der Waals surface area contributed by atoms with E-state index in [0.717, 1.165) is 16.2 Å². The molecular formula is C12H12N4S. The molecule has 3 rings (SSSR count). The molecule has 0 saturated heterocycles. The lowest BCUT2D eigenvalue weighted by atomic mass is 10.0. The lowest BCUT2D eigenvalue weighted by Crippen LogP contribution is -1.87. The highest BCUT2D eigenvalue weighted by Crippen LogP contribution is 2.26. The summed E-state index contributed by atoms with van der Waals surface area (Å²) in [7, 11) is 0. The Bertz CT molecular complexity index is 664. The normalized spacial score (nSPS) is 11.2. The van der Waals surface area contributed by atoms with E-state index in [1.54, 1.807) is 4.52 Å². The molecule has 0 fully saturated rings. The Kier molecular flexibility index (Phi) is 2.16. The highest BCUT2D eigenvalue weighted by Gasteiger charge is 2.09. The second-order valence-corrected chi connectivity index (χ2v) is 5.10. The lowest BCUT2D eigenvalue weighted by Gasteiger charge is -2.02. The van der Waals surface area contributed by atoms with Gasteiger partial charge in [0.2, 0.25) is 10.1 Å². The Hall–Kier alpha value is -1.88. The number of aryl methyl sites for hydroxylation is 2. The van der Waals surface area contributed by atoms with Crippen LogP contribution in [0.25, 0.3) is 16.2 Å². The van der Waals surface area contributed by atoms with Gasteiger partial charge in [-0.2, -0.15) is 0 Å². The van der Waals surface area contributed by atoms with Gasteiger partial charge in [0.15, 0.2) is 0 Å². The largest absolute Gasteiger partial charge is 0.374 e. The Morgan fingerprint density at radius 2 is 2.12 bits per heavy atom. The van der Waals surface area contributed by atoms with Gasteiger partial charge < -0.3 is 5.73 Å². The number of hydrogen-bond donors (Lipinski definition) is 1. The molecule has 0 saturated carbocycles. The zero-order valence-electron chi connectivity index (χ0n) is 9.64. The minimum Gasteiger partial charge on any atom is -0.374 e. The number of nitrogens with two attached hydrogens (primary N) is 1. The molecule has 2 N–H and O–H groups in total. The molecule has 1 aromatic carbocycles. The summed E-state index contributed by atoms with van der Waals surface area (Å²) in [6.07, 6.45) is 1.92. The van der Waals surface area contributed by atoms with Gasteiger partial charge in [0, 0.05) is 5.56 Å². The van der Waals surface area contributed by atoms with E-state index in [9.17, 15) is 0 Å². The minimum absolute atomic E-state index is 0.541. The quantitative estimate of drug-likeness (QED) is 0.716. The Morgan fingerprint density at radius 3 is 2.82 bits per heavy atom. The van der Waals surface area contributed by atoms with Gasteiger partial charge in [-0.3, -0.25) is 0 Å². The first-order chi connectivity index (χ1) is 8.13. The molecule has 0 radical (unpaired) electrons. The number of rotatable bonds is 1. The van der Waals surface area contributed by atoms with E-state index in [-0.39, 0.29) is 0 Å². The summed E-state index contributed by atoms with van der Waals surface area (Å²) < 4.78 is 1.73. The van der Waals surface area contributed by atoms with Crippen molar-refractivity contribution in [1.82, 2.24) is 14.6 Å². The van der Waals surface area contributed by atoms with Crippen LogP contribution in [0.1, 0.15) is 11.1 Å². The van der Waals surface area contributed by atoms with Gasteiger partial charge in [-0.25, -0.2) is 9.50 Å². The number of fused-ring (bicyclic) bond motifs is 1. The molecule has 0 bridgehead atoms. The first kappa shape index (κ1) is 10.3. The van der Waals surface area contributed by atoms with Crippen molar-refractivity contribution in [2.45, 2.75) is 13.8 Å². The van der Waals surface area contributed by atoms with Crippen molar-refractivity contribution in [3.8, 4) is 11.3 Å². The molecule has 0 atom stereocenters. The van der Waals surface area contributed by atoms with Crippen LogP contribution in [0, 0.1) is 13.8 Å².